The third-order valence-electron chi connectivity index (χ3n) is 4.19. The maximum absolute atomic E-state index is 12.4. The molecular formula is C21H14BrClN4O2S. The Bertz CT molecular complexity index is 1290. The average Bonchev–Trinajstić information content (AvgIpc) is 3.11. The number of fused-ring (bicyclic) bond motifs is 1. The van der Waals surface area contributed by atoms with E-state index in [9.17, 15) is 4.79 Å². The number of anilines is 1. The fraction of sp³-hybridized carbons (Fsp3) is 0.0476. The molecule has 0 bridgehead atoms. The third kappa shape index (κ3) is 4.51. The van der Waals surface area contributed by atoms with Crippen molar-refractivity contribution in [2.45, 2.75) is 6.92 Å². The lowest BCUT2D eigenvalue weighted by atomic mass is 10.1. The molecule has 0 radical (unpaired) electrons. The lowest BCUT2D eigenvalue weighted by Crippen LogP contribution is -2.34. The van der Waals surface area contributed by atoms with Crippen molar-refractivity contribution in [2.24, 2.45) is 0 Å². The second kappa shape index (κ2) is 8.51. The number of aromatic nitrogens is 2. The number of hydrogen-bond donors (Lipinski definition) is 2. The first-order valence-electron chi connectivity index (χ1n) is 8.79. The van der Waals surface area contributed by atoms with Gasteiger partial charge in [0.15, 0.2) is 10.7 Å². The van der Waals surface area contributed by atoms with Crippen LogP contribution in [-0.2, 0) is 0 Å². The Morgan fingerprint density at radius 2 is 2.00 bits per heavy atom. The van der Waals surface area contributed by atoms with E-state index in [0.717, 1.165) is 15.6 Å². The highest BCUT2D eigenvalue weighted by atomic mass is 79.9. The van der Waals surface area contributed by atoms with E-state index in [1.54, 1.807) is 42.7 Å². The van der Waals surface area contributed by atoms with E-state index in [0.29, 0.717) is 33.3 Å². The van der Waals surface area contributed by atoms with Gasteiger partial charge < -0.3 is 9.73 Å². The molecule has 2 aromatic heterocycles. The van der Waals surface area contributed by atoms with Crippen LogP contribution in [0.5, 0.6) is 0 Å². The second-order valence-electron chi connectivity index (χ2n) is 6.48. The summed E-state index contributed by atoms with van der Waals surface area (Å²) in [5.74, 6) is 0.0743. The van der Waals surface area contributed by atoms with Crippen LogP contribution in [0.2, 0.25) is 5.02 Å². The summed E-state index contributed by atoms with van der Waals surface area (Å²) in [7, 11) is 0. The summed E-state index contributed by atoms with van der Waals surface area (Å²) in [6.45, 7) is 1.90. The molecule has 4 aromatic rings. The summed E-state index contributed by atoms with van der Waals surface area (Å²) in [6, 6.07) is 12.4. The SMILES string of the molecule is Cc1ccc(C(=O)NC(=S)Nc2ccc3oc(-c4cncc(Br)c4)nc3c2)c(Cl)c1. The lowest BCUT2D eigenvalue weighted by molar-refractivity contribution is 0.0978. The van der Waals surface area contributed by atoms with Crippen LogP contribution in [0.3, 0.4) is 0 Å². The van der Waals surface area contributed by atoms with Gasteiger partial charge in [-0.1, -0.05) is 17.7 Å². The maximum Gasteiger partial charge on any atom is 0.258 e. The lowest BCUT2D eigenvalue weighted by Gasteiger charge is -2.10. The highest BCUT2D eigenvalue weighted by Crippen LogP contribution is 2.27. The van der Waals surface area contributed by atoms with Crippen molar-refractivity contribution < 1.29 is 9.21 Å². The van der Waals surface area contributed by atoms with E-state index < -0.39 is 0 Å². The Morgan fingerprint density at radius 3 is 2.77 bits per heavy atom. The van der Waals surface area contributed by atoms with Crippen LogP contribution in [0.25, 0.3) is 22.6 Å². The van der Waals surface area contributed by atoms with Gasteiger partial charge in [0.25, 0.3) is 5.91 Å². The quantitative estimate of drug-likeness (QED) is 0.348. The molecule has 150 valence electrons. The van der Waals surface area contributed by atoms with Crippen LogP contribution < -0.4 is 10.6 Å². The first-order valence-corrected chi connectivity index (χ1v) is 10.4. The Balaban J connectivity index is 1.49. The van der Waals surface area contributed by atoms with Crippen LogP contribution in [0.4, 0.5) is 5.69 Å². The van der Waals surface area contributed by atoms with Crippen molar-refractivity contribution in [3.8, 4) is 11.5 Å². The minimum absolute atomic E-state index is 0.149. The Labute approximate surface area is 190 Å². The van der Waals surface area contributed by atoms with Gasteiger partial charge in [-0.2, -0.15) is 0 Å². The molecule has 9 heteroatoms. The normalized spacial score (nSPS) is 10.8. The van der Waals surface area contributed by atoms with E-state index in [1.807, 2.05) is 19.1 Å². The molecule has 0 saturated carbocycles. The zero-order chi connectivity index (χ0) is 21.3. The van der Waals surface area contributed by atoms with Gasteiger partial charge in [-0.05, 0) is 77.0 Å². The number of amides is 1. The van der Waals surface area contributed by atoms with E-state index in [1.165, 1.54) is 0 Å². The highest BCUT2D eigenvalue weighted by molar-refractivity contribution is 9.10. The van der Waals surface area contributed by atoms with Crippen LogP contribution in [0.15, 0.2) is 63.7 Å². The molecule has 0 fully saturated rings. The number of carbonyl (C=O) groups is 1. The molecule has 0 aliphatic carbocycles. The van der Waals surface area contributed by atoms with Gasteiger partial charge in [-0.3, -0.25) is 15.1 Å². The highest BCUT2D eigenvalue weighted by Gasteiger charge is 2.13. The molecule has 0 aliphatic heterocycles. The first kappa shape index (κ1) is 20.5. The topological polar surface area (TPSA) is 80.0 Å². The van der Waals surface area contributed by atoms with Gasteiger partial charge in [0.2, 0.25) is 5.89 Å². The number of benzene rings is 2. The number of halogens is 2. The predicted octanol–water partition coefficient (Wildman–Crippen LogP) is 5.74. The van der Waals surface area contributed by atoms with Gasteiger partial charge in [-0.15, -0.1) is 0 Å². The number of aryl methyl sites for hydroxylation is 1. The Hall–Kier alpha value is -2.81. The average molecular weight is 502 g/mol. The molecule has 2 heterocycles. The summed E-state index contributed by atoms with van der Waals surface area (Å²) in [4.78, 5) is 21.0. The smallest absolute Gasteiger partial charge is 0.258 e. The van der Waals surface area contributed by atoms with Crippen LogP contribution in [-0.4, -0.2) is 21.0 Å². The van der Waals surface area contributed by atoms with Gasteiger partial charge in [-0.25, -0.2) is 4.98 Å². The fourth-order valence-corrected chi connectivity index (χ4v) is 3.69. The van der Waals surface area contributed by atoms with E-state index in [4.69, 9.17) is 28.2 Å². The van der Waals surface area contributed by atoms with E-state index >= 15 is 0 Å². The molecular weight excluding hydrogens is 488 g/mol. The summed E-state index contributed by atoms with van der Waals surface area (Å²) in [6.07, 6.45) is 3.36. The number of hydrogen-bond acceptors (Lipinski definition) is 5. The standard InChI is InChI=1S/C21H14BrClN4O2S/c1-11-2-4-15(16(23)6-11)19(28)27-21(30)25-14-3-5-18-17(8-14)26-20(29-18)12-7-13(22)10-24-9-12/h2-10H,1H3,(H2,25,27,28,30). The predicted molar refractivity (Wildman–Crippen MR) is 125 cm³/mol. The molecule has 2 N–H and O–H groups in total. The van der Waals surface area contributed by atoms with Crippen LogP contribution in [0.1, 0.15) is 15.9 Å². The maximum atomic E-state index is 12.4. The summed E-state index contributed by atoms with van der Waals surface area (Å²) >= 11 is 14.8. The third-order valence-corrected chi connectivity index (χ3v) is 5.14. The number of nitrogens with zero attached hydrogens (tertiary/aromatic N) is 2. The van der Waals surface area contributed by atoms with Crippen molar-refractivity contribution in [1.82, 2.24) is 15.3 Å². The minimum atomic E-state index is -0.385. The summed E-state index contributed by atoms with van der Waals surface area (Å²) < 4.78 is 6.63. The number of thiocarbonyl (C=S) groups is 1. The van der Waals surface area contributed by atoms with Gasteiger partial charge in [0.05, 0.1) is 16.1 Å². The van der Waals surface area contributed by atoms with E-state index in [-0.39, 0.29) is 11.0 Å². The van der Waals surface area contributed by atoms with Crippen molar-refractivity contribution >= 4 is 67.6 Å². The van der Waals surface area contributed by atoms with Crippen LogP contribution in [0, 0.1) is 6.92 Å². The zero-order valence-corrected chi connectivity index (χ0v) is 18.7. The molecule has 0 atom stereocenters. The largest absolute Gasteiger partial charge is 0.436 e. The molecule has 4 rings (SSSR count). The van der Waals surface area contributed by atoms with Crippen molar-refractivity contribution in [3.05, 3.63) is 75.5 Å². The molecule has 0 unspecified atom stereocenters. The summed E-state index contributed by atoms with van der Waals surface area (Å²) in [5.41, 5.74) is 4.01. The Kier molecular flexibility index (Phi) is 5.80. The molecule has 2 aromatic carbocycles. The monoisotopic (exact) mass is 500 g/mol. The van der Waals surface area contributed by atoms with Crippen LogP contribution >= 0.6 is 39.7 Å². The Morgan fingerprint density at radius 1 is 1.17 bits per heavy atom. The number of nitrogens with one attached hydrogen (secondary N) is 2. The molecule has 0 saturated heterocycles. The molecule has 0 spiro atoms. The number of oxazole rings is 1. The number of carbonyl (C=O) groups excluding carboxylic acids is 1. The first-order chi connectivity index (χ1) is 14.4. The number of rotatable bonds is 3. The van der Waals surface area contributed by atoms with Crippen molar-refractivity contribution in [2.75, 3.05) is 5.32 Å². The van der Waals surface area contributed by atoms with E-state index in [2.05, 4.69) is 36.5 Å². The van der Waals surface area contributed by atoms with Gasteiger partial charge in [0, 0.05) is 22.6 Å². The van der Waals surface area contributed by atoms with Gasteiger partial charge >= 0.3 is 0 Å². The second-order valence-corrected chi connectivity index (χ2v) is 8.22. The molecule has 0 aliphatic rings. The van der Waals surface area contributed by atoms with Crippen molar-refractivity contribution in [1.29, 1.82) is 0 Å². The molecule has 6 nitrogen and oxygen atoms in total. The molecule has 1 amide bonds. The van der Waals surface area contributed by atoms with Gasteiger partial charge in [0.1, 0.15) is 5.52 Å². The summed E-state index contributed by atoms with van der Waals surface area (Å²) in [5, 5.41) is 6.13. The number of pyridine rings is 1. The van der Waals surface area contributed by atoms with Crippen molar-refractivity contribution in [3.63, 3.8) is 0 Å². The zero-order valence-electron chi connectivity index (χ0n) is 15.6. The minimum Gasteiger partial charge on any atom is -0.436 e. The molecule has 30 heavy (non-hydrogen) atoms. The fourth-order valence-electron chi connectivity index (χ4n) is 2.79.